The minimum Gasteiger partial charge on any atom is -0.496 e. The van der Waals surface area contributed by atoms with Gasteiger partial charge >= 0.3 is 0 Å². The molecule has 0 aliphatic carbocycles. The minimum atomic E-state index is 0.596. The van der Waals surface area contributed by atoms with Crippen molar-refractivity contribution in [2.45, 2.75) is 27.2 Å². The van der Waals surface area contributed by atoms with Crippen LogP contribution in [0.2, 0.25) is 0 Å². The van der Waals surface area contributed by atoms with Crippen LogP contribution in [0.1, 0.15) is 26.3 Å². The fraction of sp³-hybridized carbons (Fsp3) is 0.571. The molecule has 0 unspecified atom stereocenters. The van der Waals surface area contributed by atoms with Gasteiger partial charge in [0.15, 0.2) is 0 Å². The molecule has 3 heteroatoms. The average Bonchev–Trinajstić information content (AvgIpc) is 2.30. The van der Waals surface area contributed by atoms with Crippen LogP contribution in [0.25, 0.3) is 0 Å². The Bertz CT molecular complexity index is 361. The zero-order valence-electron chi connectivity index (χ0n) is 11.5. The van der Waals surface area contributed by atoms with Gasteiger partial charge in [-0.2, -0.15) is 0 Å². The van der Waals surface area contributed by atoms with Crippen molar-refractivity contribution in [3.63, 3.8) is 0 Å². The van der Waals surface area contributed by atoms with E-state index < -0.39 is 0 Å². The highest BCUT2D eigenvalue weighted by atomic mass is 16.5. The van der Waals surface area contributed by atoms with Crippen molar-refractivity contribution in [2.24, 2.45) is 5.92 Å². The second-order valence-electron chi connectivity index (χ2n) is 4.49. The van der Waals surface area contributed by atoms with Gasteiger partial charge in [-0.3, -0.25) is 0 Å². The molecule has 0 spiro atoms. The summed E-state index contributed by atoms with van der Waals surface area (Å²) in [5.41, 5.74) is 2.18. The average molecular weight is 237 g/mol. The molecule has 0 aliphatic heterocycles. The van der Waals surface area contributed by atoms with E-state index in [-0.39, 0.29) is 0 Å². The number of anilines is 1. The summed E-state index contributed by atoms with van der Waals surface area (Å²) in [6.07, 6.45) is 0.992. The first-order valence-electron chi connectivity index (χ1n) is 6.11. The third-order valence-corrected chi connectivity index (χ3v) is 2.60. The first kappa shape index (κ1) is 13.7. The van der Waals surface area contributed by atoms with Gasteiger partial charge in [0.25, 0.3) is 0 Å². The van der Waals surface area contributed by atoms with Crippen LogP contribution < -0.4 is 14.8 Å². The van der Waals surface area contributed by atoms with Gasteiger partial charge in [0.2, 0.25) is 0 Å². The molecule has 0 amide bonds. The molecule has 1 aromatic rings. The molecule has 0 aromatic heterocycles. The predicted octanol–water partition coefficient (Wildman–Crippen LogP) is 3.33. The van der Waals surface area contributed by atoms with Gasteiger partial charge in [-0.1, -0.05) is 13.8 Å². The van der Waals surface area contributed by atoms with E-state index in [0.29, 0.717) is 5.92 Å². The Labute approximate surface area is 104 Å². The summed E-state index contributed by atoms with van der Waals surface area (Å²) in [7, 11) is 3.41. The zero-order chi connectivity index (χ0) is 12.8. The Balaban J connectivity index is 3.12. The summed E-state index contributed by atoms with van der Waals surface area (Å²) in [5, 5.41) is 3.28. The fourth-order valence-corrected chi connectivity index (χ4v) is 1.89. The molecule has 0 radical (unpaired) electrons. The molecular formula is C14H23NO2. The van der Waals surface area contributed by atoms with E-state index in [9.17, 15) is 0 Å². The lowest BCUT2D eigenvalue weighted by Gasteiger charge is -2.16. The van der Waals surface area contributed by atoms with Gasteiger partial charge in [-0.15, -0.1) is 0 Å². The maximum Gasteiger partial charge on any atom is 0.142 e. The highest BCUT2D eigenvalue weighted by Gasteiger charge is 2.11. The zero-order valence-corrected chi connectivity index (χ0v) is 11.5. The highest BCUT2D eigenvalue weighted by molar-refractivity contribution is 5.62. The number of nitrogens with one attached hydrogen (secondary N) is 1. The van der Waals surface area contributed by atoms with E-state index in [1.807, 2.05) is 6.07 Å². The minimum absolute atomic E-state index is 0.596. The first-order valence-corrected chi connectivity index (χ1v) is 6.11. The van der Waals surface area contributed by atoms with Crippen LogP contribution in [0, 0.1) is 5.92 Å². The van der Waals surface area contributed by atoms with Crippen LogP contribution in [0.15, 0.2) is 12.1 Å². The van der Waals surface area contributed by atoms with Crippen LogP contribution in [0.4, 0.5) is 5.69 Å². The van der Waals surface area contributed by atoms with Gasteiger partial charge in [0.05, 0.1) is 19.9 Å². The highest BCUT2D eigenvalue weighted by Crippen LogP contribution is 2.34. The molecule has 1 rings (SSSR count). The number of methoxy groups -OCH3 is 2. The van der Waals surface area contributed by atoms with E-state index in [4.69, 9.17) is 9.47 Å². The van der Waals surface area contributed by atoms with Crippen molar-refractivity contribution in [2.75, 3.05) is 26.1 Å². The Morgan fingerprint density at radius 1 is 1.12 bits per heavy atom. The summed E-state index contributed by atoms with van der Waals surface area (Å²) in [4.78, 5) is 0. The van der Waals surface area contributed by atoms with Crippen LogP contribution in [-0.2, 0) is 6.42 Å². The third kappa shape index (κ3) is 3.55. The smallest absolute Gasteiger partial charge is 0.142 e. The maximum absolute atomic E-state index is 5.44. The SMILES string of the molecule is CCNc1cc(OC)c(CC(C)C)cc1OC. The van der Waals surface area contributed by atoms with Gasteiger partial charge in [0.1, 0.15) is 11.5 Å². The van der Waals surface area contributed by atoms with Crippen molar-refractivity contribution in [3.05, 3.63) is 17.7 Å². The molecule has 0 bridgehead atoms. The van der Waals surface area contributed by atoms with Crippen LogP contribution in [-0.4, -0.2) is 20.8 Å². The van der Waals surface area contributed by atoms with Crippen molar-refractivity contribution in [3.8, 4) is 11.5 Å². The second-order valence-corrected chi connectivity index (χ2v) is 4.49. The Kier molecular flexibility index (Phi) is 5.13. The number of hydrogen-bond donors (Lipinski definition) is 1. The van der Waals surface area contributed by atoms with E-state index in [1.165, 1.54) is 5.56 Å². The van der Waals surface area contributed by atoms with Crippen molar-refractivity contribution < 1.29 is 9.47 Å². The summed E-state index contributed by atoms with van der Waals surface area (Å²) >= 11 is 0. The maximum atomic E-state index is 5.44. The van der Waals surface area contributed by atoms with E-state index in [0.717, 1.165) is 30.2 Å². The molecule has 0 heterocycles. The fourth-order valence-electron chi connectivity index (χ4n) is 1.89. The van der Waals surface area contributed by atoms with Gasteiger partial charge in [-0.05, 0) is 30.9 Å². The van der Waals surface area contributed by atoms with Crippen LogP contribution in [0.5, 0.6) is 11.5 Å². The second kappa shape index (κ2) is 6.38. The van der Waals surface area contributed by atoms with E-state index in [1.54, 1.807) is 14.2 Å². The van der Waals surface area contributed by atoms with Crippen molar-refractivity contribution in [1.29, 1.82) is 0 Å². The normalized spacial score (nSPS) is 10.5. The first-order chi connectivity index (χ1) is 8.12. The largest absolute Gasteiger partial charge is 0.496 e. The summed E-state index contributed by atoms with van der Waals surface area (Å²) in [6.45, 7) is 7.32. The number of rotatable bonds is 6. The van der Waals surface area contributed by atoms with E-state index in [2.05, 4.69) is 32.2 Å². The lowest BCUT2D eigenvalue weighted by Crippen LogP contribution is -2.03. The Morgan fingerprint density at radius 2 is 1.76 bits per heavy atom. The molecular weight excluding hydrogens is 214 g/mol. The number of benzene rings is 1. The number of ether oxygens (including phenoxy) is 2. The summed E-state index contributed by atoms with van der Waals surface area (Å²) < 4.78 is 10.8. The van der Waals surface area contributed by atoms with Gasteiger partial charge in [0, 0.05) is 12.6 Å². The lowest BCUT2D eigenvalue weighted by atomic mass is 10.0. The Hall–Kier alpha value is -1.38. The van der Waals surface area contributed by atoms with Crippen molar-refractivity contribution in [1.82, 2.24) is 0 Å². The van der Waals surface area contributed by atoms with Gasteiger partial charge < -0.3 is 14.8 Å². The van der Waals surface area contributed by atoms with Gasteiger partial charge in [-0.25, -0.2) is 0 Å². The molecule has 3 nitrogen and oxygen atoms in total. The molecule has 0 saturated heterocycles. The summed E-state index contributed by atoms with van der Waals surface area (Å²) in [6, 6.07) is 4.08. The third-order valence-electron chi connectivity index (χ3n) is 2.60. The summed E-state index contributed by atoms with van der Waals surface area (Å²) in [5.74, 6) is 2.40. The topological polar surface area (TPSA) is 30.5 Å². The number of hydrogen-bond acceptors (Lipinski definition) is 3. The molecule has 0 aliphatic rings. The van der Waals surface area contributed by atoms with Crippen LogP contribution >= 0.6 is 0 Å². The molecule has 0 atom stereocenters. The Morgan fingerprint density at radius 3 is 2.24 bits per heavy atom. The van der Waals surface area contributed by atoms with Crippen molar-refractivity contribution >= 4 is 5.69 Å². The molecule has 17 heavy (non-hydrogen) atoms. The van der Waals surface area contributed by atoms with E-state index >= 15 is 0 Å². The molecule has 1 N–H and O–H groups in total. The molecule has 0 saturated carbocycles. The lowest BCUT2D eigenvalue weighted by molar-refractivity contribution is 0.397. The van der Waals surface area contributed by atoms with Crippen LogP contribution in [0.3, 0.4) is 0 Å². The quantitative estimate of drug-likeness (QED) is 0.823. The molecule has 1 aromatic carbocycles. The molecule has 0 fully saturated rings. The predicted molar refractivity (Wildman–Crippen MR) is 72.3 cm³/mol. The molecule has 96 valence electrons. The standard InChI is InChI=1S/C14H23NO2/c1-6-15-12-9-13(16-4)11(7-10(2)3)8-14(12)17-5/h8-10,15H,6-7H2,1-5H3. The monoisotopic (exact) mass is 237 g/mol.